The molecule has 3 heterocycles. The average molecular weight is 360 g/mol. The van der Waals surface area contributed by atoms with Crippen molar-refractivity contribution in [2.24, 2.45) is 14.1 Å². The number of rotatable bonds is 3. The molecule has 0 saturated heterocycles. The molecule has 1 amide bonds. The zero-order valence-electron chi connectivity index (χ0n) is 15.7. The van der Waals surface area contributed by atoms with E-state index in [1.165, 1.54) is 0 Å². The monoisotopic (exact) mass is 360 g/mol. The SMILES string of the molecule is Cc1cc(C)c2c(NC(=O)c3cc(-c4ccccc4)n(C)n3)nn(C)c2n1. The molecule has 7 heteroatoms. The van der Waals surface area contributed by atoms with Crippen LogP contribution >= 0.6 is 0 Å². The lowest BCUT2D eigenvalue weighted by molar-refractivity contribution is 0.102. The number of aromatic nitrogens is 5. The summed E-state index contributed by atoms with van der Waals surface area (Å²) in [4.78, 5) is 17.3. The zero-order valence-corrected chi connectivity index (χ0v) is 15.7. The summed E-state index contributed by atoms with van der Waals surface area (Å²) >= 11 is 0. The number of nitrogens with one attached hydrogen (secondary N) is 1. The van der Waals surface area contributed by atoms with E-state index in [4.69, 9.17) is 0 Å². The summed E-state index contributed by atoms with van der Waals surface area (Å²) in [5, 5.41) is 12.5. The van der Waals surface area contributed by atoms with E-state index < -0.39 is 0 Å². The standard InChI is InChI=1S/C20H20N6O/c1-12-10-13(2)21-19-17(12)18(24-26(19)4)22-20(27)15-11-16(25(3)23-15)14-8-6-5-7-9-14/h5-11H,1-4H3,(H,22,24,27). The van der Waals surface area contributed by atoms with Crippen LogP contribution in [0.4, 0.5) is 5.82 Å². The Morgan fingerprint density at radius 2 is 1.74 bits per heavy atom. The van der Waals surface area contributed by atoms with Crippen LogP contribution in [0.25, 0.3) is 22.3 Å². The maximum atomic E-state index is 12.8. The first kappa shape index (κ1) is 17.0. The van der Waals surface area contributed by atoms with E-state index in [0.29, 0.717) is 11.5 Å². The van der Waals surface area contributed by atoms with Gasteiger partial charge in [0.25, 0.3) is 5.91 Å². The van der Waals surface area contributed by atoms with Crippen molar-refractivity contribution in [3.05, 3.63) is 59.4 Å². The minimum Gasteiger partial charge on any atom is -0.303 e. The number of benzene rings is 1. The lowest BCUT2D eigenvalue weighted by Gasteiger charge is -2.02. The largest absolute Gasteiger partial charge is 0.303 e. The molecule has 4 rings (SSSR count). The number of fused-ring (bicyclic) bond motifs is 1. The highest BCUT2D eigenvalue weighted by Gasteiger charge is 2.19. The Morgan fingerprint density at radius 1 is 1.00 bits per heavy atom. The van der Waals surface area contributed by atoms with Crippen molar-refractivity contribution >= 4 is 22.8 Å². The number of hydrogen-bond acceptors (Lipinski definition) is 4. The van der Waals surface area contributed by atoms with E-state index in [0.717, 1.165) is 33.5 Å². The Balaban J connectivity index is 1.69. The van der Waals surface area contributed by atoms with Gasteiger partial charge in [-0.25, -0.2) is 9.67 Å². The molecule has 0 fully saturated rings. The second-order valence-corrected chi connectivity index (χ2v) is 6.61. The summed E-state index contributed by atoms with van der Waals surface area (Å²) in [6.07, 6.45) is 0. The van der Waals surface area contributed by atoms with Gasteiger partial charge in [0.05, 0.1) is 11.1 Å². The van der Waals surface area contributed by atoms with E-state index in [2.05, 4.69) is 20.5 Å². The van der Waals surface area contributed by atoms with Crippen molar-refractivity contribution in [2.75, 3.05) is 5.32 Å². The molecule has 136 valence electrons. The lowest BCUT2D eigenvalue weighted by atomic mass is 10.1. The fraction of sp³-hybridized carbons (Fsp3) is 0.200. The van der Waals surface area contributed by atoms with Gasteiger partial charge in [0, 0.05) is 19.8 Å². The van der Waals surface area contributed by atoms with Crippen molar-refractivity contribution in [2.45, 2.75) is 13.8 Å². The molecule has 1 aromatic carbocycles. The highest BCUT2D eigenvalue weighted by molar-refractivity contribution is 6.07. The fourth-order valence-corrected chi connectivity index (χ4v) is 3.31. The molecule has 1 N–H and O–H groups in total. The number of carbonyl (C=O) groups is 1. The Bertz CT molecular complexity index is 1160. The normalized spacial score (nSPS) is 11.1. The first-order chi connectivity index (χ1) is 12.9. The average Bonchev–Trinajstić information content (AvgIpc) is 3.16. The molecule has 0 radical (unpaired) electrons. The molecular formula is C20H20N6O. The second-order valence-electron chi connectivity index (χ2n) is 6.61. The van der Waals surface area contributed by atoms with Crippen LogP contribution in [0.1, 0.15) is 21.7 Å². The summed E-state index contributed by atoms with van der Waals surface area (Å²) in [6.45, 7) is 3.93. The molecule has 4 aromatic rings. The van der Waals surface area contributed by atoms with Gasteiger partial charge in [-0.1, -0.05) is 30.3 Å². The number of anilines is 1. The van der Waals surface area contributed by atoms with Gasteiger partial charge in [0.1, 0.15) is 0 Å². The molecule has 0 aliphatic carbocycles. The minimum absolute atomic E-state index is 0.298. The molecule has 0 aliphatic heterocycles. The topological polar surface area (TPSA) is 77.6 Å². The molecule has 0 atom stereocenters. The van der Waals surface area contributed by atoms with E-state index in [1.807, 2.05) is 64.3 Å². The van der Waals surface area contributed by atoms with Crippen LogP contribution in [0.5, 0.6) is 0 Å². The first-order valence-corrected chi connectivity index (χ1v) is 8.66. The molecular weight excluding hydrogens is 340 g/mol. The van der Waals surface area contributed by atoms with Crippen molar-refractivity contribution in [3.63, 3.8) is 0 Å². The van der Waals surface area contributed by atoms with E-state index >= 15 is 0 Å². The zero-order chi connectivity index (χ0) is 19.1. The highest BCUT2D eigenvalue weighted by Crippen LogP contribution is 2.26. The van der Waals surface area contributed by atoms with Crippen LogP contribution in [0.15, 0.2) is 42.5 Å². The highest BCUT2D eigenvalue weighted by atomic mass is 16.2. The summed E-state index contributed by atoms with van der Waals surface area (Å²) in [5.74, 6) is 0.196. The van der Waals surface area contributed by atoms with E-state index in [1.54, 1.807) is 15.4 Å². The smallest absolute Gasteiger partial charge is 0.277 e. The number of nitrogens with zero attached hydrogens (tertiary/aromatic N) is 5. The second kappa shape index (κ2) is 6.35. The van der Waals surface area contributed by atoms with Crippen molar-refractivity contribution in [1.29, 1.82) is 0 Å². The number of carbonyl (C=O) groups excluding carboxylic acids is 1. The van der Waals surface area contributed by atoms with Crippen molar-refractivity contribution < 1.29 is 4.79 Å². The van der Waals surface area contributed by atoms with Crippen LogP contribution in [-0.2, 0) is 14.1 Å². The molecule has 0 unspecified atom stereocenters. The van der Waals surface area contributed by atoms with E-state index in [9.17, 15) is 4.79 Å². The minimum atomic E-state index is -0.298. The molecule has 0 bridgehead atoms. The Labute approximate surface area is 156 Å². The quantitative estimate of drug-likeness (QED) is 0.608. The summed E-state index contributed by atoms with van der Waals surface area (Å²) in [7, 11) is 3.64. The third-order valence-corrected chi connectivity index (χ3v) is 4.53. The fourth-order valence-electron chi connectivity index (χ4n) is 3.31. The molecule has 0 aliphatic rings. The predicted octanol–water partition coefficient (Wildman–Crippen LogP) is 3.24. The Morgan fingerprint density at radius 3 is 2.48 bits per heavy atom. The third-order valence-electron chi connectivity index (χ3n) is 4.53. The van der Waals surface area contributed by atoms with Gasteiger partial charge in [0.15, 0.2) is 17.2 Å². The Hall–Kier alpha value is -3.48. The van der Waals surface area contributed by atoms with Crippen molar-refractivity contribution in [3.8, 4) is 11.3 Å². The lowest BCUT2D eigenvalue weighted by Crippen LogP contribution is -2.14. The van der Waals surface area contributed by atoms with Crippen LogP contribution < -0.4 is 5.32 Å². The number of aryl methyl sites for hydroxylation is 4. The van der Waals surface area contributed by atoms with Crippen LogP contribution in [0.2, 0.25) is 0 Å². The van der Waals surface area contributed by atoms with Crippen LogP contribution in [0, 0.1) is 13.8 Å². The van der Waals surface area contributed by atoms with Gasteiger partial charge in [-0.05, 0) is 37.1 Å². The predicted molar refractivity (Wildman–Crippen MR) is 105 cm³/mol. The molecule has 7 nitrogen and oxygen atoms in total. The molecule has 27 heavy (non-hydrogen) atoms. The van der Waals surface area contributed by atoms with Gasteiger partial charge in [-0.2, -0.15) is 10.2 Å². The molecule has 0 saturated carbocycles. The van der Waals surface area contributed by atoms with Gasteiger partial charge in [0.2, 0.25) is 0 Å². The summed E-state index contributed by atoms with van der Waals surface area (Å²) in [6, 6.07) is 13.6. The van der Waals surface area contributed by atoms with E-state index in [-0.39, 0.29) is 5.91 Å². The summed E-state index contributed by atoms with van der Waals surface area (Å²) in [5.41, 5.74) is 4.90. The number of hydrogen-bond donors (Lipinski definition) is 1. The number of amides is 1. The first-order valence-electron chi connectivity index (χ1n) is 8.66. The van der Waals surface area contributed by atoms with Crippen LogP contribution in [-0.4, -0.2) is 30.5 Å². The maximum absolute atomic E-state index is 12.8. The Kier molecular flexibility index (Phi) is 3.99. The molecule has 3 aromatic heterocycles. The number of pyridine rings is 1. The maximum Gasteiger partial charge on any atom is 0.277 e. The van der Waals surface area contributed by atoms with Gasteiger partial charge in [-0.3, -0.25) is 9.48 Å². The summed E-state index contributed by atoms with van der Waals surface area (Å²) < 4.78 is 3.38. The van der Waals surface area contributed by atoms with Gasteiger partial charge in [-0.15, -0.1) is 0 Å². The third kappa shape index (κ3) is 2.97. The van der Waals surface area contributed by atoms with Gasteiger partial charge < -0.3 is 5.32 Å². The molecule has 0 spiro atoms. The van der Waals surface area contributed by atoms with Crippen molar-refractivity contribution in [1.82, 2.24) is 24.5 Å². The van der Waals surface area contributed by atoms with Crippen LogP contribution in [0.3, 0.4) is 0 Å². The van der Waals surface area contributed by atoms with Gasteiger partial charge >= 0.3 is 0 Å².